The van der Waals surface area contributed by atoms with Gasteiger partial charge in [0.05, 0.1) is 0 Å². The molecular weight excluding hydrogens is 336 g/mol. The molecule has 5 nitrogen and oxygen atoms in total. The number of nitrogens with one attached hydrogen (secondary N) is 1. The average Bonchev–Trinajstić information content (AvgIpc) is 2.67. The first-order valence-electron chi connectivity index (χ1n) is 8.78. The summed E-state index contributed by atoms with van der Waals surface area (Å²) in [5.41, 5.74) is 1.40. The maximum absolute atomic E-state index is 12.4. The number of rotatable bonds is 5. The lowest BCUT2D eigenvalue weighted by molar-refractivity contribution is 0.0945. The van der Waals surface area contributed by atoms with Gasteiger partial charge in [0, 0.05) is 30.2 Å². The fourth-order valence-electron chi connectivity index (χ4n) is 3.23. The summed E-state index contributed by atoms with van der Waals surface area (Å²) < 4.78 is 0. The molecular formula is C19H23ClN4O. The second-order valence-electron chi connectivity index (χ2n) is 6.32. The number of piperidine rings is 1. The Balaban J connectivity index is 1.67. The van der Waals surface area contributed by atoms with E-state index >= 15 is 0 Å². The third-order valence-corrected chi connectivity index (χ3v) is 4.90. The van der Waals surface area contributed by atoms with E-state index in [1.165, 1.54) is 25.6 Å². The molecule has 1 aromatic carbocycles. The van der Waals surface area contributed by atoms with Gasteiger partial charge in [-0.3, -0.25) is 4.79 Å². The van der Waals surface area contributed by atoms with Gasteiger partial charge in [-0.2, -0.15) is 0 Å². The lowest BCUT2D eigenvalue weighted by Gasteiger charge is -2.36. The molecule has 3 rings (SSSR count). The minimum absolute atomic E-state index is 0.191. The third kappa shape index (κ3) is 4.48. The predicted molar refractivity (Wildman–Crippen MR) is 99.9 cm³/mol. The number of carbonyl (C=O) groups excluding carboxylic acids is 1. The first-order chi connectivity index (χ1) is 12.2. The summed E-state index contributed by atoms with van der Waals surface area (Å²) in [4.78, 5) is 23.3. The Labute approximate surface area is 153 Å². The van der Waals surface area contributed by atoms with E-state index in [4.69, 9.17) is 11.6 Å². The Morgan fingerprint density at radius 1 is 1.28 bits per heavy atom. The zero-order valence-corrected chi connectivity index (χ0v) is 15.2. The van der Waals surface area contributed by atoms with Crippen molar-refractivity contribution < 1.29 is 4.79 Å². The van der Waals surface area contributed by atoms with Crippen LogP contribution in [0.1, 0.15) is 48.7 Å². The van der Waals surface area contributed by atoms with E-state index in [-0.39, 0.29) is 5.91 Å². The SMILES string of the molecule is CCC1CCCCN1c1cc(C(=O)NCc2ccc(Cl)cc2)ncn1. The summed E-state index contributed by atoms with van der Waals surface area (Å²) in [5.74, 6) is 0.654. The summed E-state index contributed by atoms with van der Waals surface area (Å²) in [6, 6.07) is 9.71. The molecule has 1 aliphatic heterocycles. The second-order valence-corrected chi connectivity index (χ2v) is 6.76. The molecule has 0 aliphatic carbocycles. The molecule has 2 aromatic rings. The van der Waals surface area contributed by atoms with Crippen LogP contribution >= 0.6 is 11.6 Å². The van der Waals surface area contributed by atoms with Gasteiger partial charge in [0.1, 0.15) is 17.8 Å². The van der Waals surface area contributed by atoms with Crippen LogP contribution in [-0.4, -0.2) is 28.5 Å². The van der Waals surface area contributed by atoms with Crippen LogP contribution in [-0.2, 0) is 6.54 Å². The van der Waals surface area contributed by atoms with Crippen molar-refractivity contribution in [3.05, 3.63) is 52.9 Å². The third-order valence-electron chi connectivity index (χ3n) is 4.64. The van der Waals surface area contributed by atoms with Crippen molar-refractivity contribution in [3.8, 4) is 0 Å². The smallest absolute Gasteiger partial charge is 0.270 e. The number of hydrogen-bond acceptors (Lipinski definition) is 4. The van der Waals surface area contributed by atoms with Crippen molar-refractivity contribution in [2.75, 3.05) is 11.4 Å². The summed E-state index contributed by atoms with van der Waals surface area (Å²) in [5, 5.41) is 3.58. The molecule has 0 spiro atoms. The molecule has 1 atom stereocenters. The molecule has 6 heteroatoms. The van der Waals surface area contributed by atoms with Gasteiger partial charge in [-0.25, -0.2) is 9.97 Å². The number of carbonyl (C=O) groups is 1. The molecule has 1 saturated heterocycles. The van der Waals surface area contributed by atoms with E-state index in [2.05, 4.69) is 27.1 Å². The minimum atomic E-state index is -0.191. The van der Waals surface area contributed by atoms with Crippen LogP contribution in [0.5, 0.6) is 0 Å². The van der Waals surface area contributed by atoms with Crippen LogP contribution in [0.4, 0.5) is 5.82 Å². The van der Waals surface area contributed by atoms with Crippen molar-refractivity contribution in [3.63, 3.8) is 0 Å². The number of anilines is 1. The van der Waals surface area contributed by atoms with Crippen molar-refractivity contribution in [2.45, 2.75) is 45.2 Å². The van der Waals surface area contributed by atoms with Gasteiger partial charge < -0.3 is 10.2 Å². The molecule has 1 amide bonds. The highest BCUT2D eigenvalue weighted by Crippen LogP contribution is 2.25. The first-order valence-corrected chi connectivity index (χ1v) is 9.16. The van der Waals surface area contributed by atoms with Crippen LogP contribution < -0.4 is 10.2 Å². The van der Waals surface area contributed by atoms with Gasteiger partial charge in [-0.15, -0.1) is 0 Å². The van der Waals surface area contributed by atoms with E-state index in [0.717, 1.165) is 24.3 Å². The number of nitrogens with zero attached hydrogens (tertiary/aromatic N) is 3. The average molecular weight is 359 g/mol. The van der Waals surface area contributed by atoms with Gasteiger partial charge in [-0.1, -0.05) is 30.7 Å². The zero-order valence-electron chi connectivity index (χ0n) is 14.4. The Morgan fingerprint density at radius 3 is 2.84 bits per heavy atom. The molecule has 1 N–H and O–H groups in total. The van der Waals surface area contributed by atoms with Crippen LogP contribution in [0, 0.1) is 0 Å². The number of amides is 1. The van der Waals surface area contributed by atoms with Crippen molar-refractivity contribution >= 4 is 23.3 Å². The van der Waals surface area contributed by atoms with Crippen LogP contribution in [0.25, 0.3) is 0 Å². The molecule has 1 unspecified atom stereocenters. The van der Waals surface area contributed by atoms with Crippen molar-refractivity contribution in [1.29, 1.82) is 0 Å². The Kier molecular flexibility index (Phi) is 5.87. The predicted octanol–water partition coefficient (Wildman–Crippen LogP) is 3.83. The maximum Gasteiger partial charge on any atom is 0.270 e. The first kappa shape index (κ1) is 17.7. The largest absolute Gasteiger partial charge is 0.354 e. The van der Waals surface area contributed by atoms with Gasteiger partial charge >= 0.3 is 0 Å². The molecule has 1 fully saturated rings. The van der Waals surface area contributed by atoms with Crippen molar-refractivity contribution in [1.82, 2.24) is 15.3 Å². The monoisotopic (exact) mass is 358 g/mol. The quantitative estimate of drug-likeness (QED) is 0.882. The number of benzene rings is 1. The molecule has 1 aliphatic rings. The molecule has 2 heterocycles. The summed E-state index contributed by atoms with van der Waals surface area (Å²) in [7, 11) is 0. The summed E-state index contributed by atoms with van der Waals surface area (Å²) in [6.07, 6.45) is 6.17. The number of hydrogen-bond donors (Lipinski definition) is 1. The minimum Gasteiger partial charge on any atom is -0.354 e. The van der Waals surface area contributed by atoms with Crippen LogP contribution in [0.2, 0.25) is 5.02 Å². The molecule has 1 aromatic heterocycles. The van der Waals surface area contributed by atoms with E-state index in [1.807, 2.05) is 24.3 Å². The lowest BCUT2D eigenvalue weighted by Crippen LogP contribution is -2.39. The molecule has 0 saturated carbocycles. The molecule has 25 heavy (non-hydrogen) atoms. The maximum atomic E-state index is 12.4. The second kappa shape index (κ2) is 8.30. The standard InChI is InChI=1S/C19H23ClN4O/c1-2-16-5-3-4-10-24(16)18-11-17(22-13-23-18)19(25)21-12-14-6-8-15(20)9-7-14/h6-9,11,13,16H,2-5,10,12H2,1H3,(H,21,25). The zero-order chi connectivity index (χ0) is 17.6. The Bertz CT molecular complexity index is 720. The Hall–Kier alpha value is -2.14. The fraction of sp³-hybridized carbons (Fsp3) is 0.421. The molecule has 0 radical (unpaired) electrons. The summed E-state index contributed by atoms with van der Waals surface area (Å²) >= 11 is 5.88. The highest BCUT2D eigenvalue weighted by Gasteiger charge is 2.23. The van der Waals surface area contributed by atoms with Crippen molar-refractivity contribution in [2.24, 2.45) is 0 Å². The number of aromatic nitrogens is 2. The van der Waals surface area contributed by atoms with E-state index in [0.29, 0.717) is 23.3 Å². The van der Waals surface area contributed by atoms with E-state index in [9.17, 15) is 4.79 Å². The summed E-state index contributed by atoms with van der Waals surface area (Å²) in [6.45, 7) is 3.63. The lowest BCUT2D eigenvalue weighted by atomic mass is 10.00. The normalized spacial score (nSPS) is 17.4. The highest BCUT2D eigenvalue weighted by atomic mass is 35.5. The van der Waals surface area contributed by atoms with Gasteiger partial charge in [0.15, 0.2) is 0 Å². The Morgan fingerprint density at radius 2 is 2.08 bits per heavy atom. The number of halogens is 1. The van der Waals surface area contributed by atoms with Crippen LogP contribution in [0.15, 0.2) is 36.7 Å². The van der Waals surface area contributed by atoms with E-state index in [1.54, 1.807) is 6.07 Å². The molecule has 132 valence electrons. The topological polar surface area (TPSA) is 58.1 Å². The van der Waals surface area contributed by atoms with E-state index < -0.39 is 0 Å². The van der Waals surface area contributed by atoms with Crippen LogP contribution in [0.3, 0.4) is 0 Å². The van der Waals surface area contributed by atoms with Gasteiger partial charge in [-0.05, 0) is 43.4 Å². The molecule has 0 bridgehead atoms. The van der Waals surface area contributed by atoms with Gasteiger partial charge in [0.25, 0.3) is 5.91 Å². The highest BCUT2D eigenvalue weighted by molar-refractivity contribution is 6.30. The fourth-order valence-corrected chi connectivity index (χ4v) is 3.36. The van der Waals surface area contributed by atoms with Gasteiger partial charge in [0.2, 0.25) is 0 Å².